The van der Waals surface area contributed by atoms with Gasteiger partial charge in [0.05, 0.1) is 0 Å². The van der Waals surface area contributed by atoms with Crippen molar-refractivity contribution < 1.29 is 31.8 Å². The summed E-state index contributed by atoms with van der Waals surface area (Å²) in [5, 5.41) is 2.35. The van der Waals surface area contributed by atoms with E-state index in [1.54, 1.807) is 30.3 Å². The van der Waals surface area contributed by atoms with Gasteiger partial charge in [-0.25, -0.2) is 4.39 Å². The predicted octanol–water partition coefficient (Wildman–Crippen LogP) is 5.65. The van der Waals surface area contributed by atoms with Crippen molar-refractivity contribution in [3.8, 4) is 17.2 Å². The molecule has 0 unspecified atom stereocenters. The number of hydrogen-bond acceptors (Lipinski definition) is 3. The Kier molecular flexibility index (Phi) is 6.01. The summed E-state index contributed by atoms with van der Waals surface area (Å²) in [5.41, 5.74) is -1.14. The third-order valence-corrected chi connectivity index (χ3v) is 3.72. The van der Waals surface area contributed by atoms with Crippen LogP contribution in [0.5, 0.6) is 17.2 Å². The zero-order chi connectivity index (χ0) is 20.9. The number of nitrogens with one attached hydrogen (secondary N) is 1. The van der Waals surface area contributed by atoms with Crippen LogP contribution >= 0.6 is 0 Å². The average Bonchev–Trinajstić information content (AvgIpc) is 2.69. The molecule has 0 aromatic heterocycles. The smallest absolute Gasteiger partial charge is 0.420 e. The average molecular weight is 405 g/mol. The van der Waals surface area contributed by atoms with Crippen molar-refractivity contribution in [1.82, 2.24) is 0 Å². The maximum Gasteiger partial charge on any atom is 0.420 e. The number of anilines is 1. The molecule has 3 aromatic rings. The Morgan fingerprint density at radius 2 is 1.59 bits per heavy atom. The first-order chi connectivity index (χ1) is 13.8. The van der Waals surface area contributed by atoms with E-state index in [9.17, 15) is 22.4 Å². The molecule has 29 heavy (non-hydrogen) atoms. The molecule has 1 amide bonds. The van der Waals surface area contributed by atoms with Gasteiger partial charge in [-0.15, -0.1) is 0 Å². The standard InChI is InChI=1S/C21H15F4NO3/c22-14-6-9-17(10-7-14)29-19-11-8-15(12-18(19)21(23,24)25)26-20(27)13-28-16-4-2-1-3-5-16/h1-12H,13H2,(H,26,27). The first kappa shape index (κ1) is 20.2. The van der Waals surface area contributed by atoms with Gasteiger partial charge in [-0.05, 0) is 54.6 Å². The minimum Gasteiger partial charge on any atom is -0.484 e. The number of hydrogen-bond donors (Lipinski definition) is 1. The topological polar surface area (TPSA) is 47.6 Å². The number of amides is 1. The molecular formula is C21H15F4NO3. The fourth-order valence-corrected chi connectivity index (χ4v) is 2.41. The molecule has 0 atom stereocenters. The number of carbonyl (C=O) groups is 1. The van der Waals surface area contributed by atoms with E-state index in [4.69, 9.17) is 9.47 Å². The lowest BCUT2D eigenvalue weighted by molar-refractivity contribution is -0.138. The number of benzene rings is 3. The van der Waals surface area contributed by atoms with Gasteiger partial charge in [-0.1, -0.05) is 18.2 Å². The van der Waals surface area contributed by atoms with Gasteiger partial charge in [-0.2, -0.15) is 13.2 Å². The highest BCUT2D eigenvalue weighted by Gasteiger charge is 2.35. The first-order valence-electron chi connectivity index (χ1n) is 8.43. The third-order valence-electron chi connectivity index (χ3n) is 3.72. The van der Waals surface area contributed by atoms with Crippen molar-refractivity contribution >= 4 is 11.6 Å². The van der Waals surface area contributed by atoms with Gasteiger partial charge in [0.25, 0.3) is 5.91 Å². The third kappa shape index (κ3) is 5.71. The molecule has 0 bridgehead atoms. The molecule has 0 fully saturated rings. The van der Waals surface area contributed by atoms with E-state index in [0.29, 0.717) is 5.75 Å². The van der Waals surface area contributed by atoms with Gasteiger partial charge in [0.1, 0.15) is 28.6 Å². The van der Waals surface area contributed by atoms with Gasteiger partial charge in [-0.3, -0.25) is 4.79 Å². The Labute approximate surface area is 163 Å². The fourth-order valence-electron chi connectivity index (χ4n) is 2.41. The van der Waals surface area contributed by atoms with Crippen LogP contribution in [0, 0.1) is 5.82 Å². The predicted molar refractivity (Wildman–Crippen MR) is 98.5 cm³/mol. The first-order valence-corrected chi connectivity index (χ1v) is 8.43. The number of halogens is 4. The van der Waals surface area contributed by atoms with Crippen LogP contribution < -0.4 is 14.8 Å². The summed E-state index contributed by atoms with van der Waals surface area (Å²) in [6.45, 7) is -0.362. The molecule has 0 saturated carbocycles. The molecular weight excluding hydrogens is 390 g/mol. The second-order valence-corrected chi connectivity index (χ2v) is 5.91. The van der Waals surface area contributed by atoms with Gasteiger partial charge in [0.2, 0.25) is 0 Å². The summed E-state index contributed by atoms with van der Waals surface area (Å²) in [5.74, 6) is -1.12. The molecule has 150 valence electrons. The zero-order valence-corrected chi connectivity index (χ0v) is 14.9. The summed E-state index contributed by atoms with van der Waals surface area (Å²) in [6, 6.07) is 16.2. The van der Waals surface area contributed by atoms with Gasteiger partial charge < -0.3 is 14.8 Å². The van der Waals surface area contributed by atoms with E-state index in [-0.39, 0.29) is 18.0 Å². The van der Waals surface area contributed by atoms with Crippen LogP contribution in [0.2, 0.25) is 0 Å². The monoisotopic (exact) mass is 405 g/mol. The number of carbonyl (C=O) groups excluding carboxylic acids is 1. The van der Waals surface area contributed by atoms with Crippen molar-refractivity contribution in [1.29, 1.82) is 0 Å². The highest BCUT2D eigenvalue weighted by molar-refractivity contribution is 5.92. The number of rotatable bonds is 6. The SMILES string of the molecule is O=C(COc1ccccc1)Nc1ccc(Oc2ccc(F)cc2)c(C(F)(F)F)c1. The van der Waals surface area contributed by atoms with Crippen LogP contribution in [-0.2, 0) is 11.0 Å². The Morgan fingerprint density at radius 1 is 0.897 bits per heavy atom. The molecule has 0 saturated heterocycles. The summed E-state index contributed by atoms with van der Waals surface area (Å²) in [4.78, 5) is 12.0. The lowest BCUT2D eigenvalue weighted by Gasteiger charge is -2.16. The van der Waals surface area contributed by atoms with Crippen LogP contribution in [0.4, 0.5) is 23.2 Å². The van der Waals surface area contributed by atoms with Crippen LogP contribution in [-0.4, -0.2) is 12.5 Å². The molecule has 0 aliphatic heterocycles. The Hall–Kier alpha value is -3.55. The van der Waals surface area contributed by atoms with E-state index < -0.39 is 29.2 Å². The molecule has 0 spiro atoms. The summed E-state index contributed by atoms with van der Waals surface area (Å²) in [6.07, 6.45) is -4.73. The Morgan fingerprint density at radius 3 is 2.24 bits per heavy atom. The van der Waals surface area contributed by atoms with Crippen LogP contribution in [0.25, 0.3) is 0 Å². The molecule has 0 radical (unpaired) electrons. The van der Waals surface area contributed by atoms with Crippen LogP contribution in [0.15, 0.2) is 72.8 Å². The van der Waals surface area contributed by atoms with Crippen molar-refractivity contribution in [2.45, 2.75) is 6.18 Å². The lowest BCUT2D eigenvalue weighted by atomic mass is 10.1. The second-order valence-electron chi connectivity index (χ2n) is 5.91. The minimum absolute atomic E-state index is 0.0462. The van der Waals surface area contributed by atoms with Crippen molar-refractivity contribution in [2.24, 2.45) is 0 Å². The highest BCUT2D eigenvalue weighted by Crippen LogP contribution is 2.39. The van der Waals surface area contributed by atoms with E-state index in [1.165, 1.54) is 18.2 Å². The van der Waals surface area contributed by atoms with Crippen molar-refractivity contribution in [2.75, 3.05) is 11.9 Å². The van der Waals surface area contributed by atoms with E-state index in [1.807, 2.05) is 0 Å². The molecule has 4 nitrogen and oxygen atoms in total. The lowest BCUT2D eigenvalue weighted by Crippen LogP contribution is -2.20. The quantitative estimate of drug-likeness (QED) is 0.539. The molecule has 3 aromatic carbocycles. The zero-order valence-electron chi connectivity index (χ0n) is 14.9. The molecule has 0 aliphatic carbocycles. The van der Waals surface area contributed by atoms with E-state index in [2.05, 4.69) is 5.32 Å². The summed E-state index contributed by atoms with van der Waals surface area (Å²) in [7, 11) is 0. The fraction of sp³-hybridized carbons (Fsp3) is 0.0952. The number of alkyl halides is 3. The van der Waals surface area contributed by atoms with E-state index in [0.717, 1.165) is 24.3 Å². The van der Waals surface area contributed by atoms with Crippen molar-refractivity contribution in [3.05, 3.63) is 84.2 Å². The number of ether oxygens (including phenoxy) is 2. The van der Waals surface area contributed by atoms with E-state index >= 15 is 0 Å². The highest BCUT2D eigenvalue weighted by atomic mass is 19.4. The molecule has 8 heteroatoms. The van der Waals surface area contributed by atoms with Crippen LogP contribution in [0.1, 0.15) is 5.56 Å². The maximum atomic E-state index is 13.4. The Balaban J connectivity index is 1.73. The molecule has 1 N–H and O–H groups in total. The van der Waals surface area contributed by atoms with Crippen molar-refractivity contribution in [3.63, 3.8) is 0 Å². The summed E-state index contributed by atoms with van der Waals surface area (Å²) < 4.78 is 63.7. The van der Waals surface area contributed by atoms with Gasteiger partial charge >= 0.3 is 6.18 Å². The van der Waals surface area contributed by atoms with Gasteiger partial charge in [0, 0.05) is 5.69 Å². The minimum atomic E-state index is -4.73. The maximum absolute atomic E-state index is 13.4. The second kappa shape index (κ2) is 8.64. The molecule has 0 aliphatic rings. The largest absolute Gasteiger partial charge is 0.484 e. The van der Waals surface area contributed by atoms with Crippen LogP contribution in [0.3, 0.4) is 0 Å². The molecule has 3 rings (SSSR count). The Bertz CT molecular complexity index is 973. The summed E-state index contributed by atoms with van der Waals surface area (Å²) >= 11 is 0. The number of para-hydroxylation sites is 1. The normalized spacial score (nSPS) is 11.0. The van der Waals surface area contributed by atoms with Gasteiger partial charge in [0.15, 0.2) is 6.61 Å². The molecule has 0 heterocycles.